The van der Waals surface area contributed by atoms with Gasteiger partial charge in [-0.25, -0.2) is 0 Å². The molecule has 1 atom stereocenters. The van der Waals surface area contributed by atoms with Crippen LogP contribution in [0.25, 0.3) is 0 Å². The van der Waals surface area contributed by atoms with Gasteiger partial charge in [-0.2, -0.15) is 0 Å². The summed E-state index contributed by atoms with van der Waals surface area (Å²) in [5.41, 5.74) is 5.21. The lowest BCUT2D eigenvalue weighted by atomic mass is 9.93. The van der Waals surface area contributed by atoms with E-state index in [0.29, 0.717) is 18.1 Å². The van der Waals surface area contributed by atoms with E-state index in [1.165, 1.54) is 11.3 Å². The van der Waals surface area contributed by atoms with E-state index in [2.05, 4.69) is 35.4 Å². The monoisotopic (exact) mass is 322 g/mol. The molecule has 1 amide bonds. The molecule has 0 bridgehead atoms. The summed E-state index contributed by atoms with van der Waals surface area (Å²) in [5.74, 6) is 0.118. The zero-order valence-electron chi connectivity index (χ0n) is 12.0. The Morgan fingerprint density at radius 3 is 2.76 bits per heavy atom. The minimum atomic E-state index is -0.360. The number of anilines is 1. The van der Waals surface area contributed by atoms with E-state index >= 15 is 0 Å². The number of nitrogens with two attached hydrogens (primary N) is 1. The number of amides is 1. The molecule has 3 N–H and O–H groups in total. The molecule has 1 aliphatic rings. The second kappa shape index (κ2) is 5.06. The van der Waals surface area contributed by atoms with Gasteiger partial charge >= 0.3 is 0 Å². The maximum absolute atomic E-state index is 12.7. The van der Waals surface area contributed by atoms with Gasteiger partial charge in [0.1, 0.15) is 5.01 Å². The summed E-state index contributed by atoms with van der Waals surface area (Å²) in [5, 5.41) is 14.1. The molecule has 0 spiro atoms. The van der Waals surface area contributed by atoms with Crippen molar-refractivity contribution in [2.75, 3.05) is 12.3 Å². The number of carbonyl (C=O) groups is 1. The van der Waals surface area contributed by atoms with Gasteiger partial charge in [-0.15, -0.1) is 21.5 Å². The topological polar surface area (TPSA) is 80.9 Å². The molecule has 0 saturated heterocycles. The Labute approximate surface area is 131 Å². The molecule has 0 aromatic carbocycles. The third-order valence-corrected chi connectivity index (χ3v) is 6.02. The van der Waals surface area contributed by atoms with Gasteiger partial charge in [0.25, 0.3) is 0 Å². The van der Waals surface area contributed by atoms with E-state index < -0.39 is 0 Å². The normalized spacial score (nSPS) is 23.0. The van der Waals surface area contributed by atoms with E-state index in [9.17, 15) is 4.79 Å². The molecular weight excluding hydrogens is 304 g/mol. The van der Waals surface area contributed by atoms with E-state index in [0.717, 1.165) is 16.3 Å². The van der Waals surface area contributed by atoms with Gasteiger partial charge in [0.05, 0.1) is 5.41 Å². The zero-order chi connectivity index (χ0) is 15.1. The first-order valence-corrected chi connectivity index (χ1v) is 8.55. The average molecular weight is 322 g/mol. The van der Waals surface area contributed by atoms with Gasteiger partial charge in [-0.3, -0.25) is 4.79 Å². The Morgan fingerprint density at radius 1 is 1.48 bits per heavy atom. The number of carbonyl (C=O) groups excluding carboxylic acids is 1. The van der Waals surface area contributed by atoms with Crippen LogP contribution in [0.1, 0.15) is 30.2 Å². The predicted molar refractivity (Wildman–Crippen MR) is 85.4 cm³/mol. The summed E-state index contributed by atoms with van der Waals surface area (Å²) in [6.07, 6.45) is 1.57. The quantitative estimate of drug-likeness (QED) is 0.884. The number of hydrogen-bond acceptors (Lipinski definition) is 6. The van der Waals surface area contributed by atoms with Crippen LogP contribution in [0.15, 0.2) is 17.5 Å². The van der Waals surface area contributed by atoms with Gasteiger partial charge < -0.3 is 11.1 Å². The Balaban J connectivity index is 1.64. The van der Waals surface area contributed by atoms with Crippen LogP contribution < -0.4 is 11.1 Å². The van der Waals surface area contributed by atoms with E-state index in [1.54, 1.807) is 11.3 Å². The van der Waals surface area contributed by atoms with Crippen molar-refractivity contribution >= 4 is 33.7 Å². The molecule has 1 aliphatic carbocycles. The van der Waals surface area contributed by atoms with Crippen molar-refractivity contribution in [1.82, 2.24) is 15.5 Å². The molecule has 2 heterocycles. The highest BCUT2D eigenvalue weighted by atomic mass is 32.1. The number of nitrogens with zero attached hydrogens (tertiary/aromatic N) is 2. The van der Waals surface area contributed by atoms with Crippen LogP contribution in [0.3, 0.4) is 0 Å². The number of nitrogen functional groups attached to an aromatic ring is 1. The van der Waals surface area contributed by atoms with Crippen LogP contribution in [0, 0.1) is 5.41 Å². The van der Waals surface area contributed by atoms with Crippen molar-refractivity contribution in [3.05, 3.63) is 27.4 Å². The predicted octanol–water partition coefficient (Wildman–Crippen LogP) is 2.21. The molecule has 7 heteroatoms. The molecule has 0 radical (unpaired) electrons. The van der Waals surface area contributed by atoms with Crippen LogP contribution in [0.5, 0.6) is 0 Å². The molecular formula is C14H18N4OS2. The number of rotatable bonds is 5. The number of aromatic nitrogens is 2. The van der Waals surface area contributed by atoms with Crippen molar-refractivity contribution in [2.45, 2.75) is 32.1 Å². The Bertz CT molecular complexity index is 650. The van der Waals surface area contributed by atoms with Crippen LogP contribution in [0.2, 0.25) is 0 Å². The highest BCUT2D eigenvalue weighted by Crippen LogP contribution is 2.65. The molecule has 112 valence electrons. The fourth-order valence-corrected chi connectivity index (χ4v) is 4.57. The Morgan fingerprint density at radius 2 is 2.24 bits per heavy atom. The Hall–Kier alpha value is -1.47. The van der Waals surface area contributed by atoms with Gasteiger partial charge in [0.2, 0.25) is 11.0 Å². The number of hydrogen-bond donors (Lipinski definition) is 2. The third-order valence-electron chi connectivity index (χ3n) is 4.17. The lowest BCUT2D eigenvalue weighted by molar-refractivity contribution is -0.124. The van der Waals surface area contributed by atoms with E-state index in [-0.39, 0.29) is 16.7 Å². The SMILES string of the molecule is CC1(C)C[C@]1(C(=O)NCCc1nnc(N)s1)c1cccs1. The standard InChI is InChI=1S/C14H18N4OS2/c1-13(2)8-14(13,9-4-3-7-20-9)11(19)16-6-5-10-17-18-12(15)21-10/h3-4,7H,5-6,8H2,1-2H3,(H2,15,18)(H,16,19)/t14-/m1/s1. The molecule has 1 fully saturated rings. The summed E-state index contributed by atoms with van der Waals surface area (Å²) in [4.78, 5) is 13.8. The molecule has 0 aliphatic heterocycles. The zero-order valence-corrected chi connectivity index (χ0v) is 13.7. The molecule has 5 nitrogen and oxygen atoms in total. The largest absolute Gasteiger partial charge is 0.374 e. The Kier molecular flexibility index (Phi) is 3.49. The first-order chi connectivity index (χ1) is 9.96. The first-order valence-electron chi connectivity index (χ1n) is 6.86. The summed E-state index contributed by atoms with van der Waals surface area (Å²) >= 11 is 3.02. The van der Waals surface area contributed by atoms with Crippen LogP contribution in [-0.2, 0) is 16.6 Å². The fourth-order valence-electron chi connectivity index (χ4n) is 2.86. The summed E-state index contributed by atoms with van der Waals surface area (Å²) in [6, 6.07) is 4.07. The number of thiophene rings is 1. The molecule has 21 heavy (non-hydrogen) atoms. The summed E-state index contributed by atoms with van der Waals surface area (Å²) in [6.45, 7) is 4.87. The maximum Gasteiger partial charge on any atom is 0.232 e. The third kappa shape index (κ3) is 2.44. The van der Waals surface area contributed by atoms with E-state index in [1.807, 2.05) is 11.4 Å². The first kappa shape index (κ1) is 14.5. The summed E-state index contributed by atoms with van der Waals surface area (Å²) < 4.78 is 0. The minimum absolute atomic E-state index is 0.0229. The van der Waals surface area contributed by atoms with Crippen molar-refractivity contribution in [2.24, 2.45) is 5.41 Å². The minimum Gasteiger partial charge on any atom is -0.374 e. The van der Waals surface area contributed by atoms with E-state index in [4.69, 9.17) is 5.73 Å². The second-order valence-corrected chi connectivity index (χ2v) is 8.02. The highest BCUT2D eigenvalue weighted by molar-refractivity contribution is 7.15. The van der Waals surface area contributed by atoms with Gasteiger partial charge in [-0.1, -0.05) is 31.3 Å². The van der Waals surface area contributed by atoms with Crippen molar-refractivity contribution < 1.29 is 4.79 Å². The van der Waals surface area contributed by atoms with Crippen LogP contribution in [0.4, 0.5) is 5.13 Å². The van der Waals surface area contributed by atoms with Gasteiger partial charge in [0.15, 0.2) is 0 Å². The van der Waals surface area contributed by atoms with Crippen molar-refractivity contribution in [3.8, 4) is 0 Å². The average Bonchev–Trinajstić information content (AvgIpc) is 2.87. The van der Waals surface area contributed by atoms with Crippen molar-refractivity contribution in [1.29, 1.82) is 0 Å². The van der Waals surface area contributed by atoms with Crippen molar-refractivity contribution in [3.63, 3.8) is 0 Å². The molecule has 2 aromatic rings. The van der Waals surface area contributed by atoms with Crippen LogP contribution in [-0.4, -0.2) is 22.6 Å². The van der Waals surface area contributed by atoms with Gasteiger partial charge in [0, 0.05) is 17.8 Å². The summed E-state index contributed by atoms with van der Waals surface area (Å²) in [7, 11) is 0. The second-order valence-electron chi connectivity index (χ2n) is 5.98. The molecule has 2 aromatic heterocycles. The smallest absolute Gasteiger partial charge is 0.232 e. The lowest BCUT2D eigenvalue weighted by Crippen LogP contribution is -2.38. The van der Waals surface area contributed by atoms with Crippen LogP contribution >= 0.6 is 22.7 Å². The highest BCUT2D eigenvalue weighted by Gasteiger charge is 2.67. The molecule has 1 saturated carbocycles. The van der Waals surface area contributed by atoms with Gasteiger partial charge in [-0.05, 0) is 23.3 Å². The number of nitrogens with one attached hydrogen (secondary N) is 1. The molecule has 3 rings (SSSR count). The molecule has 0 unspecified atom stereocenters. The lowest BCUT2D eigenvalue weighted by Gasteiger charge is -2.18. The fraction of sp³-hybridized carbons (Fsp3) is 0.500. The maximum atomic E-state index is 12.7.